The number of amides is 2. The van der Waals surface area contributed by atoms with Gasteiger partial charge in [-0.1, -0.05) is 80.0 Å². The number of carbonyl (C=O) groups is 2. The average molecular weight is 570 g/mol. The first kappa shape index (κ1) is 30.2. The van der Waals surface area contributed by atoms with Crippen LogP contribution in [-0.4, -0.2) is 50.8 Å². The number of carbonyl (C=O) groups excluding carboxylic acids is 2. The van der Waals surface area contributed by atoms with Gasteiger partial charge in [0.15, 0.2) is 0 Å². The summed E-state index contributed by atoms with van der Waals surface area (Å²) in [5.41, 5.74) is 1.86. The molecule has 0 heterocycles. The standard InChI is InChI=1S/C30H36ClN3O4S/c1-4-20-32-30(36)27(5-2)33(21-19-24-13-8-6-9-14-24)29(35)22-34(28-18-12-17-26(31)23(28)3)39(37,38)25-15-10-7-11-16-25/h6-18,27H,4-5,19-22H2,1-3H3,(H,32,36)/t27-/m1/s1. The molecule has 3 aromatic carbocycles. The van der Waals surface area contributed by atoms with E-state index in [1.54, 1.807) is 43.3 Å². The maximum absolute atomic E-state index is 14.0. The van der Waals surface area contributed by atoms with Gasteiger partial charge in [-0.05, 0) is 61.6 Å². The van der Waals surface area contributed by atoms with Crippen LogP contribution in [0.2, 0.25) is 5.02 Å². The van der Waals surface area contributed by atoms with Crippen molar-refractivity contribution in [3.05, 3.63) is 95.0 Å². The quantitative estimate of drug-likeness (QED) is 0.306. The summed E-state index contributed by atoms with van der Waals surface area (Å²) in [6.45, 7) is 5.79. The monoisotopic (exact) mass is 569 g/mol. The van der Waals surface area contributed by atoms with Gasteiger partial charge in [0.1, 0.15) is 12.6 Å². The summed E-state index contributed by atoms with van der Waals surface area (Å²) in [5, 5.41) is 3.28. The lowest BCUT2D eigenvalue weighted by Crippen LogP contribution is -2.53. The molecular formula is C30H36ClN3O4S. The molecule has 9 heteroatoms. The fourth-order valence-electron chi connectivity index (χ4n) is 4.36. The van der Waals surface area contributed by atoms with Gasteiger partial charge in [0.2, 0.25) is 11.8 Å². The van der Waals surface area contributed by atoms with E-state index in [4.69, 9.17) is 11.6 Å². The van der Waals surface area contributed by atoms with E-state index in [0.29, 0.717) is 35.7 Å². The summed E-state index contributed by atoms with van der Waals surface area (Å²) < 4.78 is 28.9. The van der Waals surface area contributed by atoms with E-state index in [1.807, 2.05) is 44.2 Å². The summed E-state index contributed by atoms with van der Waals surface area (Å²) in [6.07, 6.45) is 1.67. The second-order valence-electron chi connectivity index (χ2n) is 9.25. The van der Waals surface area contributed by atoms with Crippen molar-refractivity contribution in [1.29, 1.82) is 0 Å². The van der Waals surface area contributed by atoms with Gasteiger partial charge in [-0.25, -0.2) is 8.42 Å². The van der Waals surface area contributed by atoms with Crippen LogP contribution in [0.25, 0.3) is 0 Å². The molecule has 0 aromatic heterocycles. The van der Waals surface area contributed by atoms with E-state index in [1.165, 1.54) is 17.0 Å². The largest absolute Gasteiger partial charge is 0.354 e. The van der Waals surface area contributed by atoms with E-state index in [-0.39, 0.29) is 17.3 Å². The first-order valence-electron chi connectivity index (χ1n) is 13.1. The zero-order valence-corrected chi connectivity index (χ0v) is 24.2. The maximum atomic E-state index is 14.0. The number of nitrogens with one attached hydrogen (secondary N) is 1. The van der Waals surface area contributed by atoms with Crippen molar-refractivity contribution >= 4 is 39.1 Å². The molecule has 1 atom stereocenters. The molecule has 0 bridgehead atoms. The molecule has 1 N–H and O–H groups in total. The SMILES string of the molecule is CCCNC(=O)[C@@H](CC)N(CCc1ccccc1)C(=O)CN(c1cccc(Cl)c1C)S(=O)(=O)c1ccccc1. The van der Waals surface area contributed by atoms with Gasteiger partial charge < -0.3 is 10.2 Å². The van der Waals surface area contributed by atoms with Crippen LogP contribution in [0.5, 0.6) is 0 Å². The van der Waals surface area contributed by atoms with Gasteiger partial charge in [-0.2, -0.15) is 0 Å². The van der Waals surface area contributed by atoms with Crippen molar-refractivity contribution in [3.8, 4) is 0 Å². The lowest BCUT2D eigenvalue weighted by molar-refractivity contribution is -0.139. The Morgan fingerprint density at radius 1 is 0.923 bits per heavy atom. The maximum Gasteiger partial charge on any atom is 0.264 e. The Morgan fingerprint density at radius 2 is 1.56 bits per heavy atom. The van der Waals surface area contributed by atoms with E-state index in [2.05, 4.69) is 5.32 Å². The van der Waals surface area contributed by atoms with Gasteiger partial charge in [0.05, 0.1) is 10.6 Å². The third kappa shape index (κ3) is 7.61. The zero-order chi connectivity index (χ0) is 28.4. The van der Waals surface area contributed by atoms with Crippen LogP contribution in [0.1, 0.15) is 37.8 Å². The third-order valence-corrected chi connectivity index (χ3v) is 8.72. The molecule has 0 saturated carbocycles. The molecule has 39 heavy (non-hydrogen) atoms. The second-order valence-corrected chi connectivity index (χ2v) is 11.5. The first-order valence-corrected chi connectivity index (χ1v) is 15.0. The Hall–Kier alpha value is -3.36. The number of hydrogen-bond donors (Lipinski definition) is 1. The van der Waals surface area contributed by atoms with Crippen LogP contribution in [0.3, 0.4) is 0 Å². The van der Waals surface area contributed by atoms with Crippen molar-refractivity contribution in [1.82, 2.24) is 10.2 Å². The molecule has 0 spiro atoms. The van der Waals surface area contributed by atoms with Gasteiger partial charge in [-0.15, -0.1) is 0 Å². The average Bonchev–Trinajstić information content (AvgIpc) is 2.95. The molecule has 3 aromatic rings. The minimum Gasteiger partial charge on any atom is -0.354 e. The first-order chi connectivity index (χ1) is 18.7. The number of rotatable bonds is 13. The van der Waals surface area contributed by atoms with Crippen molar-refractivity contribution in [2.24, 2.45) is 0 Å². The highest BCUT2D eigenvalue weighted by molar-refractivity contribution is 7.92. The normalized spacial score (nSPS) is 12.0. The number of nitrogens with zero attached hydrogens (tertiary/aromatic N) is 2. The third-order valence-electron chi connectivity index (χ3n) is 6.54. The zero-order valence-electron chi connectivity index (χ0n) is 22.6. The summed E-state index contributed by atoms with van der Waals surface area (Å²) in [5.74, 6) is -0.722. The number of sulfonamides is 1. The summed E-state index contributed by atoms with van der Waals surface area (Å²) in [4.78, 5) is 28.7. The number of halogens is 1. The molecule has 3 rings (SSSR count). The Bertz CT molecular complexity index is 1350. The molecule has 7 nitrogen and oxygen atoms in total. The fraction of sp³-hybridized carbons (Fsp3) is 0.333. The van der Waals surface area contributed by atoms with Crippen LogP contribution in [-0.2, 0) is 26.0 Å². The highest BCUT2D eigenvalue weighted by Crippen LogP contribution is 2.31. The number of hydrogen-bond acceptors (Lipinski definition) is 4. The smallest absolute Gasteiger partial charge is 0.264 e. The topological polar surface area (TPSA) is 86.8 Å². The molecule has 2 amide bonds. The molecule has 0 aliphatic rings. The molecule has 208 valence electrons. The van der Waals surface area contributed by atoms with Crippen LogP contribution in [0.15, 0.2) is 83.8 Å². The van der Waals surface area contributed by atoms with Crippen LogP contribution in [0.4, 0.5) is 5.69 Å². The van der Waals surface area contributed by atoms with Crippen molar-refractivity contribution < 1.29 is 18.0 Å². The van der Waals surface area contributed by atoms with Crippen LogP contribution < -0.4 is 9.62 Å². The second kappa shape index (κ2) is 14.1. The summed E-state index contributed by atoms with van der Waals surface area (Å²) in [7, 11) is -4.13. The van der Waals surface area contributed by atoms with Crippen molar-refractivity contribution in [3.63, 3.8) is 0 Å². The minimum absolute atomic E-state index is 0.0562. The van der Waals surface area contributed by atoms with Crippen LogP contribution in [0, 0.1) is 6.92 Å². The Labute approximate surface area is 236 Å². The van der Waals surface area contributed by atoms with Crippen molar-refractivity contribution in [2.45, 2.75) is 51.0 Å². The highest BCUT2D eigenvalue weighted by atomic mass is 35.5. The molecule has 0 radical (unpaired) electrons. The van der Waals surface area contributed by atoms with E-state index in [9.17, 15) is 18.0 Å². The lowest BCUT2D eigenvalue weighted by atomic mass is 10.1. The van der Waals surface area contributed by atoms with E-state index >= 15 is 0 Å². The summed E-state index contributed by atoms with van der Waals surface area (Å²) in [6, 6.07) is 21.9. The van der Waals surface area contributed by atoms with Gasteiger partial charge in [0.25, 0.3) is 10.0 Å². The van der Waals surface area contributed by atoms with Gasteiger partial charge in [0, 0.05) is 18.1 Å². The van der Waals surface area contributed by atoms with Gasteiger partial charge in [-0.3, -0.25) is 13.9 Å². The summed E-state index contributed by atoms with van der Waals surface area (Å²) >= 11 is 6.36. The Balaban J connectivity index is 2.03. The predicted octanol–water partition coefficient (Wildman–Crippen LogP) is 5.22. The molecular weight excluding hydrogens is 534 g/mol. The highest BCUT2D eigenvalue weighted by Gasteiger charge is 2.34. The van der Waals surface area contributed by atoms with Gasteiger partial charge >= 0.3 is 0 Å². The molecule has 0 fully saturated rings. The fourth-order valence-corrected chi connectivity index (χ4v) is 6.02. The molecule has 0 aliphatic heterocycles. The minimum atomic E-state index is -4.13. The van der Waals surface area contributed by atoms with E-state index < -0.39 is 28.5 Å². The molecule has 0 unspecified atom stereocenters. The van der Waals surface area contributed by atoms with Crippen molar-refractivity contribution in [2.75, 3.05) is 23.9 Å². The number of benzene rings is 3. The Kier molecular flexibility index (Phi) is 10.9. The molecule has 0 saturated heterocycles. The molecule has 0 aliphatic carbocycles. The Morgan fingerprint density at radius 3 is 2.18 bits per heavy atom. The van der Waals surface area contributed by atoms with E-state index in [0.717, 1.165) is 16.3 Å². The predicted molar refractivity (Wildman–Crippen MR) is 156 cm³/mol. The lowest BCUT2D eigenvalue weighted by Gasteiger charge is -2.33. The van der Waals surface area contributed by atoms with Crippen LogP contribution >= 0.6 is 11.6 Å². The number of anilines is 1.